The van der Waals surface area contributed by atoms with Crippen molar-refractivity contribution >= 4 is 17.3 Å². The minimum Gasteiger partial charge on any atom is -0.504 e. The maximum atomic E-state index is 13.9. The second kappa shape index (κ2) is 6.18. The van der Waals surface area contributed by atoms with Gasteiger partial charge in [-0.2, -0.15) is 0 Å². The fourth-order valence-electron chi connectivity index (χ4n) is 1.92. The molecule has 2 rings (SSSR count). The Balaban J connectivity index is 2.29. The van der Waals surface area contributed by atoms with Crippen molar-refractivity contribution in [1.29, 1.82) is 0 Å². The zero-order valence-corrected chi connectivity index (χ0v) is 12.3. The Kier molecular flexibility index (Phi) is 4.53. The van der Waals surface area contributed by atoms with E-state index in [1.54, 1.807) is 6.92 Å². The van der Waals surface area contributed by atoms with Crippen LogP contribution in [0.3, 0.4) is 0 Å². The van der Waals surface area contributed by atoms with E-state index in [1.807, 2.05) is 0 Å². The number of aryl methyl sites for hydroxylation is 1. The molecule has 0 bridgehead atoms. The van der Waals surface area contributed by atoms with Gasteiger partial charge in [0.1, 0.15) is 11.5 Å². The van der Waals surface area contributed by atoms with Crippen LogP contribution >= 0.6 is 11.6 Å². The van der Waals surface area contributed by atoms with Crippen molar-refractivity contribution in [2.45, 2.75) is 13.5 Å². The second-order valence-electron chi connectivity index (χ2n) is 4.52. The first kappa shape index (κ1) is 15.4. The predicted octanol–water partition coefficient (Wildman–Crippen LogP) is 4.25. The summed E-state index contributed by atoms with van der Waals surface area (Å²) in [7, 11) is 1.39. The third kappa shape index (κ3) is 3.19. The SMILES string of the molecule is COc1cc(Cl)cc(CNc2c(F)ccc(C)c2F)c1O. The zero-order chi connectivity index (χ0) is 15.6. The fraction of sp³-hybridized carbons (Fsp3) is 0.200. The number of methoxy groups -OCH3 is 1. The molecule has 0 saturated heterocycles. The van der Waals surface area contributed by atoms with Crippen LogP contribution in [-0.4, -0.2) is 12.2 Å². The van der Waals surface area contributed by atoms with Gasteiger partial charge in [0.05, 0.1) is 7.11 Å². The minimum absolute atomic E-state index is 0.0000463. The molecule has 0 heterocycles. The Bertz CT molecular complexity index is 677. The van der Waals surface area contributed by atoms with Crippen molar-refractivity contribution in [1.82, 2.24) is 0 Å². The second-order valence-corrected chi connectivity index (χ2v) is 4.96. The number of benzene rings is 2. The Morgan fingerprint density at radius 2 is 2.00 bits per heavy atom. The molecule has 2 aromatic carbocycles. The quantitative estimate of drug-likeness (QED) is 0.886. The lowest BCUT2D eigenvalue weighted by Gasteiger charge is -2.13. The first-order chi connectivity index (χ1) is 9.93. The Morgan fingerprint density at radius 1 is 1.29 bits per heavy atom. The molecule has 0 spiro atoms. The molecular formula is C15H14ClF2NO2. The maximum absolute atomic E-state index is 13.9. The lowest BCUT2D eigenvalue weighted by molar-refractivity contribution is 0.371. The van der Waals surface area contributed by atoms with Crippen LogP contribution in [0.1, 0.15) is 11.1 Å². The van der Waals surface area contributed by atoms with Crippen LogP contribution in [0, 0.1) is 18.6 Å². The summed E-state index contributed by atoms with van der Waals surface area (Å²) in [5.74, 6) is -1.29. The summed E-state index contributed by atoms with van der Waals surface area (Å²) < 4.78 is 32.5. The van der Waals surface area contributed by atoms with Gasteiger partial charge in [0.25, 0.3) is 0 Å². The van der Waals surface area contributed by atoms with Crippen molar-refractivity contribution < 1.29 is 18.6 Å². The number of phenols is 1. The molecule has 0 aromatic heterocycles. The van der Waals surface area contributed by atoms with Crippen molar-refractivity contribution in [3.05, 3.63) is 52.0 Å². The van der Waals surface area contributed by atoms with Crippen LogP contribution in [0.15, 0.2) is 24.3 Å². The average molecular weight is 314 g/mol. The number of anilines is 1. The third-order valence-electron chi connectivity index (χ3n) is 3.08. The average Bonchev–Trinajstić information content (AvgIpc) is 2.46. The first-order valence-corrected chi connectivity index (χ1v) is 6.55. The van der Waals surface area contributed by atoms with Gasteiger partial charge >= 0.3 is 0 Å². The molecule has 0 amide bonds. The highest BCUT2D eigenvalue weighted by Gasteiger charge is 2.14. The number of aromatic hydroxyl groups is 1. The summed E-state index contributed by atoms with van der Waals surface area (Å²) in [6, 6.07) is 5.49. The van der Waals surface area contributed by atoms with Crippen molar-refractivity contribution in [3.8, 4) is 11.5 Å². The summed E-state index contributed by atoms with van der Waals surface area (Å²) in [5, 5.41) is 13.0. The number of halogens is 3. The van der Waals surface area contributed by atoms with Crippen LogP contribution in [0.4, 0.5) is 14.5 Å². The summed E-state index contributed by atoms with van der Waals surface area (Å²) in [6.45, 7) is 1.54. The number of rotatable bonds is 4. The number of nitrogens with one attached hydrogen (secondary N) is 1. The molecule has 2 aromatic rings. The van der Waals surface area contributed by atoms with E-state index in [4.69, 9.17) is 16.3 Å². The van der Waals surface area contributed by atoms with Crippen LogP contribution in [0.5, 0.6) is 11.5 Å². The Morgan fingerprint density at radius 3 is 2.67 bits per heavy atom. The van der Waals surface area contributed by atoms with E-state index in [1.165, 1.54) is 31.4 Å². The molecular weight excluding hydrogens is 300 g/mol. The monoisotopic (exact) mass is 313 g/mol. The van der Waals surface area contributed by atoms with E-state index in [9.17, 15) is 13.9 Å². The largest absolute Gasteiger partial charge is 0.504 e. The molecule has 21 heavy (non-hydrogen) atoms. The standard InChI is InChI=1S/C15H14ClF2NO2/c1-8-3-4-11(17)14(13(8)18)19-7-9-5-10(16)6-12(21-2)15(9)20/h3-6,19-20H,7H2,1-2H3. The van der Waals surface area contributed by atoms with Gasteiger partial charge < -0.3 is 15.2 Å². The van der Waals surface area contributed by atoms with Crippen LogP contribution in [-0.2, 0) is 6.54 Å². The number of ether oxygens (including phenoxy) is 1. The molecule has 0 atom stereocenters. The van der Waals surface area contributed by atoms with Gasteiger partial charge in [-0.25, -0.2) is 8.78 Å². The van der Waals surface area contributed by atoms with E-state index >= 15 is 0 Å². The van der Waals surface area contributed by atoms with E-state index in [0.717, 1.165) is 0 Å². The van der Waals surface area contributed by atoms with Crippen LogP contribution in [0.2, 0.25) is 5.02 Å². The lowest BCUT2D eigenvalue weighted by Crippen LogP contribution is -2.05. The Hall–Kier alpha value is -2.01. The summed E-state index contributed by atoms with van der Waals surface area (Å²) in [5.41, 5.74) is 0.458. The number of hydrogen-bond acceptors (Lipinski definition) is 3. The molecule has 0 fully saturated rings. The summed E-state index contributed by atoms with van der Waals surface area (Å²) in [4.78, 5) is 0. The van der Waals surface area contributed by atoms with Crippen molar-refractivity contribution in [3.63, 3.8) is 0 Å². The molecule has 112 valence electrons. The van der Waals surface area contributed by atoms with E-state index in [-0.39, 0.29) is 23.7 Å². The molecule has 0 unspecified atom stereocenters. The lowest BCUT2D eigenvalue weighted by atomic mass is 10.1. The highest BCUT2D eigenvalue weighted by atomic mass is 35.5. The molecule has 0 saturated carbocycles. The van der Waals surface area contributed by atoms with Crippen molar-refractivity contribution in [2.24, 2.45) is 0 Å². The van der Waals surface area contributed by atoms with Gasteiger partial charge in [-0.3, -0.25) is 0 Å². The van der Waals surface area contributed by atoms with Gasteiger partial charge in [-0.05, 0) is 24.6 Å². The van der Waals surface area contributed by atoms with Crippen LogP contribution < -0.4 is 10.1 Å². The molecule has 2 N–H and O–H groups in total. The van der Waals surface area contributed by atoms with Gasteiger partial charge in [0.2, 0.25) is 0 Å². The zero-order valence-electron chi connectivity index (χ0n) is 11.5. The highest BCUT2D eigenvalue weighted by Crippen LogP contribution is 2.34. The summed E-state index contributed by atoms with van der Waals surface area (Å²) in [6.07, 6.45) is 0. The predicted molar refractivity (Wildman–Crippen MR) is 78.1 cm³/mol. The van der Waals surface area contributed by atoms with Gasteiger partial charge in [0.15, 0.2) is 17.3 Å². The molecule has 0 radical (unpaired) electrons. The van der Waals surface area contributed by atoms with E-state index in [2.05, 4.69) is 5.32 Å². The molecule has 0 aliphatic carbocycles. The fourth-order valence-corrected chi connectivity index (χ4v) is 2.15. The number of hydrogen-bond donors (Lipinski definition) is 2. The topological polar surface area (TPSA) is 41.5 Å². The smallest absolute Gasteiger partial charge is 0.162 e. The molecule has 0 aliphatic heterocycles. The molecule has 0 aliphatic rings. The Labute approximate surface area is 126 Å². The van der Waals surface area contributed by atoms with E-state index < -0.39 is 11.6 Å². The van der Waals surface area contributed by atoms with E-state index in [0.29, 0.717) is 16.1 Å². The van der Waals surface area contributed by atoms with Gasteiger partial charge in [0, 0.05) is 23.2 Å². The van der Waals surface area contributed by atoms with Gasteiger partial charge in [-0.15, -0.1) is 0 Å². The third-order valence-corrected chi connectivity index (χ3v) is 3.30. The molecule has 3 nitrogen and oxygen atoms in total. The van der Waals surface area contributed by atoms with Crippen molar-refractivity contribution in [2.75, 3.05) is 12.4 Å². The van der Waals surface area contributed by atoms with Gasteiger partial charge in [-0.1, -0.05) is 17.7 Å². The summed E-state index contributed by atoms with van der Waals surface area (Å²) >= 11 is 5.90. The van der Waals surface area contributed by atoms with Crippen LogP contribution in [0.25, 0.3) is 0 Å². The first-order valence-electron chi connectivity index (χ1n) is 6.18. The highest BCUT2D eigenvalue weighted by molar-refractivity contribution is 6.30. The molecule has 6 heteroatoms. The normalized spacial score (nSPS) is 10.5. The maximum Gasteiger partial charge on any atom is 0.162 e. The number of phenolic OH excluding ortho intramolecular Hbond substituents is 1. The minimum atomic E-state index is -0.702.